The fourth-order valence-corrected chi connectivity index (χ4v) is 2.21. The number of rotatable bonds is 4. The van der Waals surface area contributed by atoms with Crippen LogP contribution >= 0.6 is 0 Å². The smallest absolute Gasteiger partial charge is 0.246 e. The fourth-order valence-electron chi connectivity index (χ4n) is 2.21. The summed E-state index contributed by atoms with van der Waals surface area (Å²) in [6.07, 6.45) is 2.88. The van der Waals surface area contributed by atoms with Crippen molar-refractivity contribution in [2.45, 2.75) is 26.3 Å². The molecule has 1 amide bonds. The first-order valence-electron chi connectivity index (χ1n) is 6.89. The number of amides is 1. The minimum Gasteiger partial charge on any atom is -0.347 e. The lowest BCUT2D eigenvalue weighted by Crippen LogP contribution is -2.30. The maximum absolute atomic E-state index is 12.1. The molecule has 0 N–H and O–H groups in total. The summed E-state index contributed by atoms with van der Waals surface area (Å²) in [5, 5.41) is 4.62. The second-order valence-corrected chi connectivity index (χ2v) is 5.11. The molecule has 2 rings (SSSR count). The quantitative estimate of drug-likeness (QED) is 0.857. The number of nitrogens with zero attached hydrogens (tertiary/aromatic N) is 3. The van der Waals surface area contributed by atoms with Crippen LogP contribution in [0.25, 0.3) is 11.3 Å². The van der Waals surface area contributed by atoms with Crippen LogP contribution in [0.2, 0.25) is 0 Å². The summed E-state index contributed by atoms with van der Waals surface area (Å²) in [6, 6.07) is 9.80. The largest absolute Gasteiger partial charge is 0.347 e. The van der Waals surface area contributed by atoms with Crippen LogP contribution in [0.3, 0.4) is 0 Å². The summed E-state index contributed by atoms with van der Waals surface area (Å²) < 4.78 is 1.77. The van der Waals surface area contributed by atoms with Crippen molar-refractivity contribution in [2.75, 3.05) is 14.1 Å². The zero-order chi connectivity index (χ0) is 14.7. The molecule has 0 aliphatic rings. The average Bonchev–Trinajstić information content (AvgIpc) is 2.90. The Morgan fingerprint density at radius 2 is 1.95 bits per heavy atom. The van der Waals surface area contributed by atoms with Gasteiger partial charge in [-0.05, 0) is 18.9 Å². The molecule has 4 nitrogen and oxygen atoms in total. The summed E-state index contributed by atoms with van der Waals surface area (Å²) in [6.45, 7) is 3.98. The molecule has 20 heavy (non-hydrogen) atoms. The van der Waals surface area contributed by atoms with Gasteiger partial charge < -0.3 is 4.90 Å². The monoisotopic (exact) mass is 271 g/mol. The van der Waals surface area contributed by atoms with Gasteiger partial charge in [0.2, 0.25) is 5.91 Å². The van der Waals surface area contributed by atoms with Gasteiger partial charge in [-0.15, -0.1) is 0 Å². The van der Waals surface area contributed by atoms with E-state index >= 15 is 0 Å². The molecular weight excluding hydrogens is 250 g/mol. The maximum Gasteiger partial charge on any atom is 0.246 e. The zero-order valence-electron chi connectivity index (χ0n) is 12.5. The maximum atomic E-state index is 12.1. The molecular formula is C16H21N3O. The second-order valence-electron chi connectivity index (χ2n) is 5.11. The summed E-state index contributed by atoms with van der Waals surface area (Å²) in [5.74, 6) is 0.0507. The molecule has 0 saturated heterocycles. The normalized spacial score (nSPS) is 12.2. The number of carbonyl (C=O) groups is 1. The van der Waals surface area contributed by atoms with Gasteiger partial charge in [0.1, 0.15) is 6.04 Å². The first-order chi connectivity index (χ1) is 9.54. The molecule has 0 fully saturated rings. The van der Waals surface area contributed by atoms with E-state index in [0.29, 0.717) is 0 Å². The van der Waals surface area contributed by atoms with Crippen molar-refractivity contribution in [3.8, 4) is 11.3 Å². The molecule has 1 aromatic carbocycles. The van der Waals surface area contributed by atoms with Crippen LogP contribution in [0.4, 0.5) is 0 Å². The zero-order valence-corrected chi connectivity index (χ0v) is 12.5. The Kier molecular flexibility index (Phi) is 4.23. The van der Waals surface area contributed by atoms with E-state index in [9.17, 15) is 4.79 Å². The SMILES string of the molecule is CCc1cn(C(C)C(=O)N(C)C)nc1-c1ccccc1. The van der Waals surface area contributed by atoms with E-state index in [2.05, 4.69) is 12.0 Å². The molecule has 1 unspecified atom stereocenters. The van der Waals surface area contributed by atoms with Gasteiger partial charge in [-0.25, -0.2) is 0 Å². The van der Waals surface area contributed by atoms with E-state index in [4.69, 9.17) is 0 Å². The highest BCUT2D eigenvalue weighted by atomic mass is 16.2. The number of hydrogen-bond donors (Lipinski definition) is 0. The van der Waals surface area contributed by atoms with Crippen LogP contribution in [0.15, 0.2) is 36.5 Å². The third-order valence-electron chi connectivity index (χ3n) is 3.43. The van der Waals surface area contributed by atoms with Crippen LogP contribution < -0.4 is 0 Å². The van der Waals surface area contributed by atoms with Gasteiger partial charge in [-0.2, -0.15) is 5.10 Å². The third-order valence-corrected chi connectivity index (χ3v) is 3.43. The molecule has 1 atom stereocenters. The first kappa shape index (κ1) is 14.3. The molecule has 4 heteroatoms. The molecule has 106 valence electrons. The van der Waals surface area contributed by atoms with Crippen LogP contribution in [-0.2, 0) is 11.2 Å². The molecule has 0 aliphatic heterocycles. The van der Waals surface area contributed by atoms with Crippen molar-refractivity contribution in [3.63, 3.8) is 0 Å². The number of benzene rings is 1. The van der Waals surface area contributed by atoms with Gasteiger partial charge in [0.15, 0.2) is 0 Å². The number of hydrogen-bond acceptors (Lipinski definition) is 2. The molecule has 0 spiro atoms. The van der Waals surface area contributed by atoms with E-state index in [0.717, 1.165) is 23.2 Å². The van der Waals surface area contributed by atoms with Crippen LogP contribution in [0, 0.1) is 0 Å². The fraction of sp³-hybridized carbons (Fsp3) is 0.375. The van der Waals surface area contributed by atoms with Crippen molar-refractivity contribution in [1.82, 2.24) is 14.7 Å². The highest BCUT2D eigenvalue weighted by Gasteiger charge is 2.20. The van der Waals surface area contributed by atoms with Crippen molar-refractivity contribution in [1.29, 1.82) is 0 Å². The predicted molar refractivity (Wildman–Crippen MR) is 80.4 cm³/mol. The van der Waals surface area contributed by atoms with E-state index in [1.165, 1.54) is 0 Å². The Morgan fingerprint density at radius 1 is 1.30 bits per heavy atom. The lowest BCUT2D eigenvalue weighted by molar-refractivity contribution is -0.131. The van der Waals surface area contributed by atoms with Gasteiger partial charge in [-0.3, -0.25) is 9.48 Å². The van der Waals surface area contributed by atoms with Gasteiger partial charge in [0.25, 0.3) is 0 Å². The van der Waals surface area contributed by atoms with Gasteiger partial charge in [-0.1, -0.05) is 37.3 Å². The highest BCUT2D eigenvalue weighted by Crippen LogP contribution is 2.24. The Hall–Kier alpha value is -2.10. The number of aromatic nitrogens is 2. The second kappa shape index (κ2) is 5.90. The Morgan fingerprint density at radius 3 is 2.50 bits per heavy atom. The van der Waals surface area contributed by atoms with Crippen molar-refractivity contribution < 1.29 is 4.79 Å². The van der Waals surface area contributed by atoms with Gasteiger partial charge >= 0.3 is 0 Å². The predicted octanol–water partition coefficient (Wildman–Crippen LogP) is 2.76. The summed E-state index contributed by atoms with van der Waals surface area (Å²) in [7, 11) is 3.53. The highest BCUT2D eigenvalue weighted by molar-refractivity contribution is 5.79. The average molecular weight is 271 g/mol. The third kappa shape index (κ3) is 2.74. The van der Waals surface area contributed by atoms with Crippen LogP contribution in [0.5, 0.6) is 0 Å². The van der Waals surface area contributed by atoms with Gasteiger partial charge in [0, 0.05) is 25.9 Å². The molecule has 0 saturated carbocycles. The minimum atomic E-state index is -0.284. The Balaban J connectivity index is 2.39. The molecule has 0 bridgehead atoms. The molecule has 2 aromatic rings. The first-order valence-corrected chi connectivity index (χ1v) is 6.89. The van der Waals surface area contributed by atoms with E-state index < -0.39 is 0 Å². The lowest BCUT2D eigenvalue weighted by Gasteiger charge is -2.16. The van der Waals surface area contributed by atoms with Crippen LogP contribution in [-0.4, -0.2) is 34.7 Å². The Labute approximate surface area is 120 Å². The van der Waals surface area contributed by atoms with Crippen molar-refractivity contribution in [2.24, 2.45) is 0 Å². The van der Waals surface area contributed by atoms with Crippen LogP contribution in [0.1, 0.15) is 25.5 Å². The summed E-state index contributed by atoms with van der Waals surface area (Å²) in [4.78, 5) is 13.7. The molecule has 0 aliphatic carbocycles. The molecule has 1 aromatic heterocycles. The number of aryl methyl sites for hydroxylation is 1. The minimum absolute atomic E-state index is 0.0507. The Bertz CT molecular complexity index is 587. The lowest BCUT2D eigenvalue weighted by atomic mass is 10.1. The molecule has 0 radical (unpaired) electrons. The van der Waals surface area contributed by atoms with E-state index in [1.54, 1.807) is 23.7 Å². The van der Waals surface area contributed by atoms with Crippen molar-refractivity contribution in [3.05, 3.63) is 42.1 Å². The summed E-state index contributed by atoms with van der Waals surface area (Å²) >= 11 is 0. The van der Waals surface area contributed by atoms with Crippen molar-refractivity contribution >= 4 is 5.91 Å². The number of likely N-dealkylation sites (N-methyl/N-ethyl adjacent to an activating group) is 1. The number of carbonyl (C=O) groups excluding carboxylic acids is 1. The van der Waals surface area contributed by atoms with Gasteiger partial charge in [0.05, 0.1) is 5.69 Å². The van der Waals surface area contributed by atoms with E-state index in [-0.39, 0.29) is 11.9 Å². The molecule has 1 heterocycles. The standard InChI is InChI=1S/C16H21N3O/c1-5-13-11-19(12(2)16(20)18(3)4)17-15(13)14-9-7-6-8-10-14/h6-12H,5H2,1-4H3. The van der Waals surface area contributed by atoms with E-state index in [1.807, 2.05) is 43.5 Å². The summed E-state index contributed by atoms with van der Waals surface area (Å²) in [5.41, 5.74) is 3.22. The topological polar surface area (TPSA) is 38.1 Å².